The summed E-state index contributed by atoms with van der Waals surface area (Å²) in [6.45, 7) is 5.85. The summed E-state index contributed by atoms with van der Waals surface area (Å²) < 4.78 is 31.8. The fraction of sp³-hybridized carbons (Fsp3) is 0.471. The van der Waals surface area contributed by atoms with Crippen LogP contribution in [0.3, 0.4) is 0 Å². The average Bonchev–Trinajstić information content (AvgIpc) is 2.52. The second-order valence-electron chi connectivity index (χ2n) is 6.64. The van der Waals surface area contributed by atoms with Crippen molar-refractivity contribution >= 4 is 17.6 Å². The molecule has 1 amide bonds. The van der Waals surface area contributed by atoms with E-state index in [1.54, 1.807) is 26.8 Å². The third-order valence-electron chi connectivity index (χ3n) is 3.56. The van der Waals surface area contributed by atoms with Crippen LogP contribution in [0, 0.1) is 0 Å². The summed E-state index contributed by atoms with van der Waals surface area (Å²) >= 11 is 0. The van der Waals surface area contributed by atoms with E-state index in [9.17, 15) is 18.4 Å². The molecule has 1 aromatic rings. The van der Waals surface area contributed by atoms with Crippen molar-refractivity contribution in [2.24, 2.45) is 0 Å². The molecule has 0 aromatic carbocycles. The molecular weight excluding hydrogens is 334 g/mol. The van der Waals surface area contributed by atoms with Crippen LogP contribution in [-0.4, -0.2) is 45.7 Å². The summed E-state index contributed by atoms with van der Waals surface area (Å²) in [7, 11) is 0. The molecule has 1 aliphatic rings. The number of carboxylic acid groups (broad SMARTS) is 1. The predicted molar refractivity (Wildman–Crippen MR) is 86.6 cm³/mol. The monoisotopic (exact) mass is 354 g/mol. The molecule has 0 unspecified atom stereocenters. The van der Waals surface area contributed by atoms with E-state index in [0.717, 1.165) is 0 Å². The van der Waals surface area contributed by atoms with E-state index in [2.05, 4.69) is 4.98 Å². The van der Waals surface area contributed by atoms with Gasteiger partial charge in [-0.15, -0.1) is 0 Å². The molecule has 2 rings (SSSR count). The van der Waals surface area contributed by atoms with Gasteiger partial charge >= 0.3 is 12.1 Å². The van der Waals surface area contributed by atoms with Gasteiger partial charge in [0.1, 0.15) is 17.0 Å². The van der Waals surface area contributed by atoms with Crippen molar-refractivity contribution in [2.45, 2.75) is 39.2 Å². The maximum absolute atomic E-state index is 13.2. The summed E-state index contributed by atoms with van der Waals surface area (Å²) in [5, 5.41) is 8.90. The highest BCUT2D eigenvalue weighted by Crippen LogP contribution is 2.30. The van der Waals surface area contributed by atoms with Crippen LogP contribution in [-0.2, 0) is 4.74 Å². The number of carbonyl (C=O) groups excluding carboxylic acids is 1. The first-order valence-electron chi connectivity index (χ1n) is 7.78. The van der Waals surface area contributed by atoms with Crippen molar-refractivity contribution in [3.05, 3.63) is 35.2 Å². The molecule has 0 atom stereocenters. The molecule has 0 fully saturated rings. The Balaban J connectivity index is 2.21. The van der Waals surface area contributed by atoms with Crippen LogP contribution in [0.4, 0.5) is 13.6 Å². The van der Waals surface area contributed by atoms with Gasteiger partial charge < -0.3 is 14.7 Å². The molecule has 0 spiro atoms. The highest BCUT2D eigenvalue weighted by atomic mass is 19.3. The van der Waals surface area contributed by atoms with Crippen LogP contribution < -0.4 is 0 Å². The molecule has 6 nitrogen and oxygen atoms in total. The lowest BCUT2D eigenvalue weighted by atomic mass is 9.97. The zero-order valence-corrected chi connectivity index (χ0v) is 14.3. The summed E-state index contributed by atoms with van der Waals surface area (Å²) in [6.07, 6.45) is -1.33. The van der Waals surface area contributed by atoms with Gasteiger partial charge in [0.15, 0.2) is 0 Å². The SMILES string of the molecule is CC(C)(C)OC(=O)N1CC=C(c2ccc(C(=O)O)nc2C(F)F)CC1. The average molecular weight is 354 g/mol. The maximum atomic E-state index is 13.2. The van der Waals surface area contributed by atoms with E-state index >= 15 is 0 Å². The van der Waals surface area contributed by atoms with E-state index in [-0.39, 0.29) is 12.1 Å². The van der Waals surface area contributed by atoms with Gasteiger partial charge in [-0.1, -0.05) is 12.1 Å². The lowest BCUT2D eigenvalue weighted by Gasteiger charge is -2.30. The van der Waals surface area contributed by atoms with Gasteiger partial charge in [0, 0.05) is 18.7 Å². The van der Waals surface area contributed by atoms with E-state index in [1.165, 1.54) is 17.0 Å². The molecule has 1 aliphatic heterocycles. The number of carbonyl (C=O) groups is 2. The van der Waals surface area contributed by atoms with E-state index in [1.807, 2.05) is 0 Å². The molecule has 1 N–H and O–H groups in total. The van der Waals surface area contributed by atoms with E-state index in [4.69, 9.17) is 9.84 Å². The first kappa shape index (κ1) is 18.8. The number of aromatic nitrogens is 1. The van der Waals surface area contributed by atoms with Crippen molar-refractivity contribution in [1.29, 1.82) is 0 Å². The zero-order valence-electron chi connectivity index (χ0n) is 14.3. The smallest absolute Gasteiger partial charge is 0.410 e. The molecule has 1 aromatic heterocycles. The number of hydrogen-bond donors (Lipinski definition) is 1. The Kier molecular flexibility index (Phi) is 5.39. The lowest BCUT2D eigenvalue weighted by molar-refractivity contribution is 0.0270. The Hall–Kier alpha value is -2.51. The minimum absolute atomic E-state index is 0.212. The number of halogens is 2. The third-order valence-corrected chi connectivity index (χ3v) is 3.56. The standard InChI is InChI=1S/C17H20F2N2O4/c1-17(2,3)25-16(24)21-8-6-10(7-9-21)11-4-5-12(15(22)23)20-13(11)14(18)19/h4-6,14H,7-9H2,1-3H3,(H,22,23). The highest BCUT2D eigenvalue weighted by molar-refractivity contribution is 5.86. The number of carboxylic acids is 1. The second-order valence-corrected chi connectivity index (χ2v) is 6.64. The van der Waals surface area contributed by atoms with Crippen LogP contribution in [0.25, 0.3) is 5.57 Å². The number of hydrogen-bond acceptors (Lipinski definition) is 4. The van der Waals surface area contributed by atoms with E-state index < -0.39 is 35.5 Å². The Bertz CT molecular complexity index is 711. The fourth-order valence-corrected chi connectivity index (χ4v) is 2.44. The Morgan fingerprint density at radius 1 is 1.32 bits per heavy atom. The van der Waals surface area contributed by atoms with Gasteiger partial charge in [-0.2, -0.15) is 0 Å². The molecule has 0 radical (unpaired) electrons. The summed E-state index contributed by atoms with van der Waals surface area (Å²) in [6, 6.07) is 2.54. The lowest BCUT2D eigenvalue weighted by Crippen LogP contribution is -2.39. The van der Waals surface area contributed by atoms with Crippen LogP contribution in [0.1, 0.15) is 55.4 Å². The molecule has 0 saturated carbocycles. The van der Waals surface area contributed by atoms with E-state index in [0.29, 0.717) is 18.5 Å². The summed E-state index contributed by atoms with van der Waals surface area (Å²) in [4.78, 5) is 28.0. The van der Waals surface area contributed by atoms with Crippen molar-refractivity contribution in [3.8, 4) is 0 Å². The number of amides is 1. The van der Waals surface area contributed by atoms with Gasteiger partial charge in [0.05, 0.1) is 0 Å². The Morgan fingerprint density at radius 3 is 2.48 bits per heavy atom. The molecule has 0 aliphatic carbocycles. The van der Waals surface area contributed by atoms with Crippen molar-refractivity contribution < 1.29 is 28.2 Å². The molecule has 2 heterocycles. The molecule has 136 valence electrons. The topological polar surface area (TPSA) is 79.7 Å². The largest absolute Gasteiger partial charge is 0.477 e. The second kappa shape index (κ2) is 7.16. The molecule has 0 saturated heterocycles. The first-order chi connectivity index (χ1) is 11.6. The molecule has 25 heavy (non-hydrogen) atoms. The van der Waals surface area contributed by atoms with Crippen molar-refractivity contribution in [1.82, 2.24) is 9.88 Å². The van der Waals surface area contributed by atoms with Crippen molar-refractivity contribution in [2.75, 3.05) is 13.1 Å². The minimum atomic E-state index is -2.89. The van der Waals surface area contributed by atoms with Crippen LogP contribution in [0.2, 0.25) is 0 Å². The quantitative estimate of drug-likeness (QED) is 0.894. The molecule has 0 bridgehead atoms. The van der Waals surface area contributed by atoms with Crippen LogP contribution in [0.5, 0.6) is 0 Å². The van der Waals surface area contributed by atoms with Gasteiger partial charge in [0.25, 0.3) is 6.43 Å². The summed E-state index contributed by atoms with van der Waals surface area (Å²) in [5.74, 6) is -1.36. The van der Waals surface area contributed by atoms with Gasteiger partial charge in [-0.05, 0) is 38.8 Å². The van der Waals surface area contributed by atoms with Gasteiger partial charge in [-0.25, -0.2) is 23.4 Å². The number of nitrogens with zero attached hydrogens (tertiary/aromatic N) is 2. The third kappa shape index (κ3) is 4.74. The normalized spacial score (nSPS) is 15.1. The number of aromatic carboxylic acids is 1. The van der Waals surface area contributed by atoms with Gasteiger partial charge in [0.2, 0.25) is 0 Å². The van der Waals surface area contributed by atoms with Crippen molar-refractivity contribution in [3.63, 3.8) is 0 Å². The van der Waals surface area contributed by atoms with Crippen LogP contribution in [0.15, 0.2) is 18.2 Å². The fourth-order valence-electron chi connectivity index (χ4n) is 2.44. The molecular formula is C17H20F2N2O4. The van der Waals surface area contributed by atoms with Crippen LogP contribution >= 0.6 is 0 Å². The number of ether oxygens (including phenoxy) is 1. The van der Waals surface area contributed by atoms with Gasteiger partial charge in [-0.3, -0.25) is 0 Å². The zero-order chi connectivity index (χ0) is 18.8. The Labute approximate surface area is 144 Å². The highest BCUT2D eigenvalue weighted by Gasteiger charge is 2.26. The number of alkyl halides is 2. The predicted octanol–water partition coefficient (Wildman–Crippen LogP) is 3.74. The minimum Gasteiger partial charge on any atom is -0.477 e. The number of pyridine rings is 1. The summed E-state index contributed by atoms with van der Waals surface area (Å²) in [5.41, 5.74) is -0.772. The first-order valence-corrected chi connectivity index (χ1v) is 7.78. The Morgan fingerprint density at radius 2 is 2.00 bits per heavy atom. The maximum Gasteiger partial charge on any atom is 0.410 e. The number of rotatable bonds is 3. The molecule has 8 heteroatoms.